The Labute approximate surface area is 119 Å². The average Bonchev–Trinajstić information content (AvgIpc) is 2.85. The van der Waals surface area contributed by atoms with Crippen molar-refractivity contribution >= 4 is 11.0 Å². The first-order valence-corrected chi connectivity index (χ1v) is 6.77. The van der Waals surface area contributed by atoms with Crippen molar-refractivity contribution in [2.24, 2.45) is 5.84 Å². The van der Waals surface area contributed by atoms with Gasteiger partial charge in [0.05, 0.1) is 19.3 Å². The summed E-state index contributed by atoms with van der Waals surface area (Å²) in [6.45, 7) is 3.86. The number of methoxy groups -OCH3 is 1. The third kappa shape index (κ3) is 3.80. The molecule has 2 aromatic rings. The van der Waals surface area contributed by atoms with E-state index in [2.05, 4.69) is 18.4 Å². The number of fused-ring (bicyclic) bond motifs is 1. The molecule has 0 amide bonds. The minimum absolute atomic E-state index is 0.0507. The highest BCUT2D eigenvalue weighted by molar-refractivity contribution is 5.78. The zero-order valence-electron chi connectivity index (χ0n) is 12.0. The van der Waals surface area contributed by atoms with E-state index >= 15 is 0 Å². The molecular formula is C15H22N2O3. The number of rotatable bonds is 8. The van der Waals surface area contributed by atoms with Crippen molar-refractivity contribution in [1.29, 1.82) is 0 Å². The second-order valence-electron chi connectivity index (χ2n) is 4.80. The van der Waals surface area contributed by atoms with Gasteiger partial charge in [-0.05, 0) is 31.5 Å². The number of aryl methyl sites for hydroxylation is 1. The summed E-state index contributed by atoms with van der Waals surface area (Å²) in [6.07, 6.45) is 0.749. The molecule has 1 aromatic heterocycles. The highest BCUT2D eigenvalue weighted by Crippen LogP contribution is 2.26. The molecule has 0 fully saturated rings. The largest absolute Gasteiger partial charge is 0.459 e. The Morgan fingerprint density at radius 2 is 2.10 bits per heavy atom. The van der Waals surface area contributed by atoms with Gasteiger partial charge in [0, 0.05) is 19.1 Å². The fraction of sp³-hybridized carbons (Fsp3) is 0.467. The van der Waals surface area contributed by atoms with E-state index in [1.165, 1.54) is 5.56 Å². The molecule has 1 atom stereocenters. The van der Waals surface area contributed by atoms with Crippen LogP contribution in [0.3, 0.4) is 0 Å². The van der Waals surface area contributed by atoms with Gasteiger partial charge in [0.1, 0.15) is 11.3 Å². The molecule has 5 heteroatoms. The van der Waals surface area contributed by atoms with Crippen molar-refractivity contribution in [1.82, 2.24) is 5.43 Å². The van der Waals surface area contributed by atoms with Crippen LogP contribution in [-0.4, -0.2) is 26.9 Å². The highest BCUT2D eigenvalue weighted by Gasteiger charge is 2.15. The van der Waals surface area contributed by atoms with E-state index in [1.807, 2.05) is 18.2 Å². The van der Waals surface area contributed by atoms with E-state index in [0.717, 1.165) is 23.2 Å². The normalized spacial score (nSPS) is 12.9. The summed E-state index contributed by atoms with van der Waals surface area (Å²) in [5.41, 5.74) is 4.87. The Kier molecular flexibility index (Phi) is 5.55. The number of ether oxygens (including phenoxy) is 2. The topological polar surface area (TPSA) is 69.7 Å². The van der Waals surface area contributed by atoms with Gasteiger partial charge in [-0.2, -0.15) is 0 Å². The summed E-state index contributed by atoms with van der Waals surface area (Å²) < 4.78 is 16.2. The van der Waals surface area contributed by atoms with E-state index in [1.54, 1.807) is 7.11 Å². The maximum atomic E-state index is 5.83. The fourth-order valence-electron chi connectivity index (χ4n) is 2.11. The van der Waals surface area contributed by atoms with Crippen LogP contribution in [0.1, 0.15) is 23.8 Å². The zero-order valence-corrected chi connectivity index (χ0v) is 12.0. The number of hydrogen-bond acceptors (Lipinski definition) is 5. The summed E-state index contributed by atoms with van der Waals surface area (Å²) in [6, 6.07) is 8.10. The maximum absolute atomic E-state index is 5.83. The van der Waals surface area contributed by atoms with Gasteiger partial charge in [0.2, 0.25) is 0 Å². The highest BCUT2D eigenvalue weighted by atomic mass is 16.5. The first kappa shape index (κ1) is 15.0. The molecule has 1 heterocycles. The Balaban J connectivity index is 1.98. The summed E-state index contributed by atoms with van der Waals surface area (Å²) in [4.78, 5) is 0. The van der Waals surface area contributed by atoms with Crippen LogP contribution in [0.5, 0.6) is 0 Å². The van der Waals surface area contributed by atoms with Crippen molar-refractivity contribution in [2.75, 3.05) is 26.9 Å². The monoisotopic (exact) mass is 278 g/mol. The van der Waals surface area contributed by atoms with E-state index in [0.29, 0.717) is 19.8 Å². The molecule has 0 aliphatic rings. The summed E-state index contributed by atoms with van der Waals surface area (Å²) in [5.74, 6) is 6.44. The molecule has 0 radical (unpaired) electrons. The van der Waals surface area contributed by atoms with Crippen LogP contribution in [0, 0.1) is 6.92 Å². The molecule has 20 heavy (non-hydrogen) atoms. The predicted molar refractivity (Wildman–Crippen MR) is 78.3 cm³/mol. The lowest BCUT2D eigenvalue weighted by molar-refractivity contribution is 0.0649. The summed E-state index contributed by atoms with van der Waals surface area (Å²) >= 11 is 0. The van der Waals surface area contributed by atoms with Crippen LogP contribution in [0.4, 0.5) is 0 Å². The van der Waals surface area contributed by atoms with Gasteiger partial charge in [-0.15, -0.1) is 0 Å². The molecule has 1 aromatic carbocycles. The van der Waals surface area contributed by atoms with Gasteiger partial charge in [-0.3, -0.25) is 5.84 Å². The quantitative estimate of drug-likeness (QED) is 0.440. The minimum Gasteiger partial charge on any atom is -0.459 e. The molecule has 0 saturated carbocycles. The molecule has 110 valence electrons. The van der Waals surface area contributed by atoms with Crippen LogP contribution >= 0.6 is 0 Å². The second-order valence-corrected chi connectivity index (χ2v) is 4.80. The third-order valence-corrected chi connectivity index (χ3v) is 3.22. The fourth-order valence-corrected chi connectivity index (χ4v) is 2.11. The number of benzene rings is 1. The predicted octanol–water partition coefficient (Wildman–Crippen LogP) is 2.30. The lowest BCUT2D eigenvalue weighted by atomic mass is 10.1. The van der Waals surface area contributed by atoms with Gasteiger partial charge in [0.15, 0.2) is 0 Å². The maximum Gasteiger partial charge on any atom is 0.134 e. The molecule has 0 aliphatic carbocycles. The molecule has 0 aliphatic heterocycles. The van der Waals surface area contributed by atoms with Crippen molar-refractivity contribution in [3.8, 4) is 0 Å². The first-order valence-electron chi connectivity index (χ1n) is 6.77. The van der Waals surface area contributed by atoms with E-state index in [4.69, 9.17) is 19.7 Å². The molecular weight excluding hydrogens is 256 g/mol. The average molecular weight is 278 g/mol. The zero-order chi connectivity index (χ0) is 14.4. The van der Waals surface area contributed by atoms with Gasteiger partial charge < -0.3 is 13.9 Å². The number of furan rings is 1. The van der Waals surface area contributed by atoms with Crippen molar-refractivity contribution in [3.05, 3.63) is 35.6 Å². The van der Waals surface area contributed by atoms with Gasteiger partial charge in [0.25, 0.3) is 0 Å². The number of hydrazine groups is 1. The first-order chi connectivity index (χ1) is 9.74. The number of nitrogens with one attached hydrogen (secondary N) is 1. The van der Waals surface area contributed by atoms with Crippen LogP contribution in [0.15, 0.2) is 28.7 Å². The lowest BCUT2D eigenvalue weighted by Gasteiger charge is -2.13. The van der Waals surface area contributed by atoms with Crippen molar-refractivity contribution in [2.45, 2.75) is 19.4 Å². The molecule has 5 nitrogen and oxygen atoms in total. The van der Waals surface area contributed by atoms with E-state index < -0.39 is 0 Å². The molecule has 1 unspecified atom stereocenters. The summed E-state index contributed by atoms with van der Waals surface area (Å²) in [5, 5.41) is 1.10. The van der Waals surface area contributed by atoms with Gasteiger partial charge >= 0.3 is 0 Å². The lowest BCUT2D eigenvalue weighted by Crippen LogP contribution is -2.28. The second kappa shape index (κ2) is 7.40. The molecule has 2 rings (SSSR count). The summed E-state index contributed by atoms with van der Waals surface area (Å²) in [7, 11) is 1.66. The van der Waals surface area contributed by atoms with Crippen LogP contribution < -0.4 is 11.3 Å². The number of hydrogen-bond donors (Lipinski definition) is 2. The Morgan fingerprint density at radius 1 is 1.25 bits per heavy atom. The van der Waals surface area contributed by atoms with Crippen LogP contribution in [-0.2, 0) is 9.47 Å². The Morgan fingerprint density at radius 3 is 2.85 bits per heavy atom. The Hall–Kier alpha value is -1.40. The molecule has 0 spiro atoms. The van der Waals surface area contributed by atoms with E-state index in [-0.39, 0.29) is 6.04 Å². The van der Waals surface area contributed by atoms with Gasteiger partial charge in [-0.1, -0.05) is 11.6 Å². The van der Waals surface area contributed by atoms with Crippen LogP contribution in [0.25, 0.3) is 11.0 Å². The standard InChI is InChI=1S/C15H22N2O3/c1-11-3-4-14-12(9-11)10-15(20-14)13(17-16)5-6-19-8-7-18-2/h3-4,9-10,13,17H,5-8,16H2,1-2H3. The smallest absolute Gasteiger partial charge is 0.134 e. The van der Waals surface area contributed by atoms with E-state index in [9.17, 15) is 0 Å². The van der Waals surface area contributed by atoms with Crippen molar-refractivity contribution in [3.63, 3.8) is 0 Å². The molecule has 3 N–H and O–H groups in total. The molecule has 0 saturated heterocycles. The minimum atomic E-state index is -0.0507. The van der Waals surface area contributed by atoms with Crippen LogP contribution in [0.2, 0.25) is 0 Å². The Bertz CT molecular complexity index is 539. The third-order valence-electron chi connectivity index (χ3n) is 3.22. The van der Waals surface area contributed by atoms with Gasteiger partial charge in [-0.25, -0.2) is 5.43 Å². The van der Waals surface area contributed by atoms with Crippen molar-refractivity contribution < 1.29 is 13.9 Å². The number of nitrogens with two attached hydrogens (primary N) is 1. The molecule has 0 bridgehead atoms. The SMILES string of the molecule is COCCOCCC(NN)c1cc2cc(C)ccc2o1.